The number of piperidine rings is 1. The maximum atomic E-state index is 10.7. The van der Waals surface area contributed by atoms with Gasteiger partial charge in [-0.2, -0.15) is 0 Å². The molecule has 1 N–H and O–H groups in total. The van der Waals surface area contributed by atoms with Crippen molar-refractivity contribution in [1.29, 1.82) is 0 Å². The number of likely N-dealkylation sites (tertiary alicyclic amines) is 1. The maximum Gasteiger partial charge on any atom is 0.161 e. The SMILES string of the molecule is CCOc1ccccc1OCC(O)CN1CCC(=C2c3ccc(Cl)cc3CCc3cccnc32)CC1. The first-order valence-corrected chi connectivity index (χ1v) is 13.2. The first-order valence-electron chi connectivity index (χ1n) is 12.8. The number of aliphatic hydroxyl groups is 1. The van der Waals surface area contributed by atoms with Crippen LogP contribution in [0.25, 0.3) is 5.57 Å². The zero-order valence-corrected chi connectivity index (χ0v) is 21.5. The molecule has 1 fully saturated rings. The molecule has 0 radical (unpaired) electrons. The molecule has 0 saturated carbocycles. The second kappa shape index (κ2) is 11.5. The molecular formula is C30H33ClN2O3. The normalized spacial score (nSPS) is 16.6. The Morgan fingerprint density at radius 1 is 0.944 bits per heavy atom. The van der Waals surface area contributed by atoms with Crippen molar-refractivity contribution in [2.24, 2.45) is 0 Å². The number of aromatic nitrogens is 1. The fourth-order valence-electron chi connectivity index (χ4n) is 5.27. The highest BCUT2D eigenvalue weighted by Gasteiger charge is 2.26. The third-order valence-corrected chi connectivity index (χ3v) is 7.23. The summed E-state index contributed by atoms with van der Waals surface area (Å²) in [6.45, 7) is 5.14. The average Bonchev–Trinajstić information content (AvgIpc) is 3.05. The summed E-state index contributed by atoms with van der Waals surface area (Å²) in [6, 6.07) is 18.1. The van der Waals surface area contributed by atoms with Crippen LogP contribution in [0.3, 0.4) is 0 Å². The van der Waals surface area contributed by atoms with Crippen LogP contribution in [0.4, 0.5) is 0 Å². The molecular weight excluding hydrogens is 472 g/mol. The Labute approximate surface area is 218 Å². The summed E-state index contributed by atoms with van der Waals surface area (Å²) in [7, 11) is 0. The number of β-amino-alcohol motifs (C(OH)–C–C–N with tert-alkyl or cyclic N) is 1. The summed E-state index contributed by atoms with van der Waals surface area (Å²) >= 11 is 6.35. The van der Waals surface area contributed by atoms with E-state index in [4.69, 9.17) is 26.1 Å². The van der Waals surface area contributed by atoms with Gasteiger partial charge < -0.3 is 14.6 Å². The zero-order valence-electron chi connectivity index (χ0n) is 20.8. The van der Waals surface area contributed by atoms with E-state index in [-0.39, 0.29) is 6.61 Å². The van der Waals surface area contributed by atoms with Crippen LogP contribution in [0.2, 0.25) is 5.02 Å². The van der Waals surface area contributed by atoms with E-state index in [1.807, 2.05) is 49.5 Å². The third kappa shape index (κ3) is 5.59. The van der Waals surface area contributed by atoms with Gasteiger partial charge in [0.1, 0.15) is 12.7 Å². The Morgan fingerprint density at radius 2 is 1.69 bits per heavy atom. The van der Waals surface area contributed by atoms with Crippen molar-refractivity contribution in [3.63, 3.8) is 0 Å². The second-order valence-electron chi connectivity index (χ2n) is 9.44. The van der Waals surface area contributed by atoms with E-state index in [9.17, 15) is 5.11 Å². The quantitative estimate of drug-likeness (QED) is 0.456. The highest BCUT2D eigenvalue weighted by molar-refractivity contribution is 6.30. The van der Waals surface area contributed by atoms with E-state index in [1.165, 1.54) is 27.8 Å². The molecule has 1 saturated heterocycles. The first-order chi connectivity index (χ1) is 17.6. The molecule has 2 heterocycles. The van der Waals surface area contributed by atoms with Gasteiger partial charge in [-0.15, -0.1) is 0 Å². The molecule has 5 nitrogen and oxygen atoms in total. The van der Waals surface area contributed by atoms with Gasteiger partial charge in [-0.05, 0) is 79.6 Å². The molecule has 0 amide bonds. The van der Waals surface area contributed by atoms with Crippen LogP contribution in [0.5, 0.6) is 11.5 Å². The molecule has 1 aliphatic carbocycles. The molecule has 1 aliphatic heterocycles. The lowest BCUT2D eigenvalue weighted by Crippen LogP contribution is -2.39. The van der Waals surface area contributed by atoms with Gasteiger partial charge in [-0.25, -0.2) is 0 Å². The zero-order chi connectivity index (χ0) is 24.9. The maximum absolute atomic E-state index is 10.7. The van der Waals surface area contributed by atoms with Crippen LogP contribution < -0.4 is 9.47 Å². The number of rotatable bonds is 7. The van der Waals surface area contributed by atoms with Gasteiger partial charge >= 0.3 is 0 Å². The molecule has 1 unspecified atom stereocenters. The number of ether oxygens (including phenoxy) is 2. The van der Waals surface area contributed by atoms with E-state index < -0.39 is 6.10 Å². The second-order valence-corrected chi connectivity index (χ2v) is 9.87. The summed E-state index contributed by atoms with van der Waals surface area (Å²) in [5.41, 5.74) is 7.70. The highest BCUT2D eigenvalue weighted by atomic mass is 35.5. The number of hydrogen-bond donors (Lipinski definition) is 1. The highest BCUT2D eigenvalue weighted by Crippen LogP contribution is 2.38. The van der Waals surface area contributed by atoms with Crippen molar-refractivity contribution in [2.75, 3.05) is 32.8 Å². The number of para-hydroxylation sites is 2. The van der Waals surface area contributed by atoms with E-state index in [2.05, 4.69) is 23.1 Å². The van der Waals surface area contributed by atoms with Gasteiger partial charge in [0.15, 0.2) is 11.5 Å². The van der Waals surface area contributed by atoms with Gasteiger partial charge in [-0.3, -0.25) is 9.88 Å². The number of fused-ring (bicyclic) bond motifs is 2. The predicted octanol–water partition coefficient (Wildman–Crippen LogP) is 5.57. The molecule has 0 bridgehead atoms. The van der Waals surface area contributed by atoms with Crippen LogP contribution >= 0.6 is 11.6 Å². The standard InChI is InChI=1S/C30H33ClN2O3/c1-2-35-27-7-3-4-8-28(27)36-20-25(34)19-33-16-13-21(14-17-33)29-26-12-11-24(31)18-23(26)10-9-22-6-5-15-32-30(22)29/h3-8,11-12,15,18,25,34H,2,9-10,13-14,16-17,19-20H2,1H3. The Balaban J connectivity index is 1.27. The minimum absolute atomic E-state index is 0.236. The fourth-order valence-corrected chi connectivity index (χ4v) is 5.46. The lowest BCUT2D eigenvalue weighted by atomic mass is 9.88. The van der Waals surface area contributed by atoms with E-state index >= 15 is 0 Å². The molecule has 6 heteroatoms. The molecule has 2 aliphatic rings. The van der Waals surface area contributed by atoms with Crippen molar-refractivity contribution in [3.8, 4) is 11.5 Å². The number of nitrogens with zero attached hydrogens (tertiary/aromatic N) is 2. The van der Waals surface area contributed by atoms with Crippen molar-refractivity contribution >= 4 is 17.2 Å². The van der Waals surface area contributed by atoms with Crippen molar-refractivity contribution in [3.05, 3.63) is 93.8 Å². The van der Waals surface area contributed by atoms with Gasteiger partial charge in [0.05, 0.1) is 12.3 Å². The Kier molecular flexibility index (Phi) is 7.90. The van der Waals surface area contributed by atoms with Crippen LogP contribution in [-0.2, 0) is 12.8 Å². The predicted molar refractivity (Wildman–Crippen MR) is 144 cm³/mol. The monoisotopic (exact) mass is 504 g/mol. The lowest BCUT2D eigenvalue weighted by molar-refractivity contribution is 0.0644. The van der Waals surface area contributed by atoms with Crippen molar-refractivity contribution < 1.29 is 14.6 Å². The van der Waals surface area contributed by atoms with E-state index in [0.29, 0.717) is 24.7 Å². The number of halogens is 1. The number of aliphatic hydroxyl groups excluding tert-OH is 1. The fraction of sp³-hybridized carbons (Fsp3) is 0.367. The summed E-state index contributed by atoms with van der Waals surface area (Å²) in [4.78, 5) is 7.15. The minimum atomic E-state index is -0.572. The van der Waals surface area contributed by atoms with Gasteiger partial charge in [0.2, 0.25) is 0 Å². The Hall–Kier alpha value is -2.86. The summed E-state index contributed by atoms with van der Waals surface area (Å²) < 4.78 is 11.5. The van der Waals surface area contributed by atoms with Gasteiger partial charge in [-0.1, -0.05) is 41.4 Å². The van der Waals surface area contributed by atoms with Crippen molar-refractivity contribution in [1.82, 2.24) is 9.88 Å². The number of benzene rings is 2. The molecule has 1 atom stereocenters. The van der Waals surface area contributed by atoms with E-state index in [0.717, 1.165) is 49.5 Å². The summed E-state index contributed by atoms with van der Waals surface area (Å²) in [6.07, 6.45) is 5.17. The minimum Gasteiger partial charge on any atom is -0.490 e. The smallest absolute Gasteiger partial charge is 0.161 e. The van der Waals surface area contributed by atoms with Gasteiger partial charge in [0.25, 0.3) is 0 Å². The topological polar surface area (TPSA) is 54.8 Å². The third-order valence-electron chi connectivity index (χ3n) is 6.99. The Bertz CT molecular complexity index is 1230. The lowest BCUT2D eigenvalue weighted by Gasteiger charge is -2.31. The Morgan fingerprint density at radius 3 is 2.47 bits per heavy atom. The first kappa shape index (κ1) is 24.8. The molecule has 1 aromatic heterocycles. The molecule has 0 spiro atoms. The van der Waals surface area contributed by atoms with Crippen molar-refractivity contribution in [2.45, 2.75) is 38.7 Å². The summed E-state index contributed by atoms with van der Waals surface area (Å²) in [5.74, 6) is 1.38. The largest absolute Gasteiger partial charge is 0.490 e. The van der Waals surface area contributed by atoms with Crippen LogP contribution in [0.15, 0.2) is 66.4 Å². The van der Waals surface area contributed by atoms with Crippen LogP contribution in [0, 0.1) is 0 Å². The molecule has 2 aromatic carbocycles. The number of aryl methyl sites for hydroxylation is 2. The number of hydrogen-bond acceptors (Lipinski definition) is 5. The summed E-state index contributed by atoms with van der Waals surface area (Å²) in [5, 5.41) is 11.5. The molecule has 5 rings (SSSR count). The van der Waals surface area contributed by atoms with Crippen LogP contribution in [0.1, 0.15) is 42.1 Å². The van der Waals surface area contributed by atoms with Crippen LogP contribution in [-0.4, -0.2) is 53.9 Å². The van der Waals surface area contributed by atoms with E-state index in [1.54, 1.807) is 0 Å². The van der Waals surface area contributed by atoms with Gasteiger partial charge in [0, 0.05) is 36.4 Å². The molecule has 188 valence electrons. The molecule has 36 heavy (non-hydrogen) atoms. The average molecular weight is 505 g/mol. The molecule has 3 aromatic rings. The number of pyridine rings is 1.